The fourth-order valence-electron chi connectivity index (χ4n) is 1.78. The van der Waals surface area contributed by atoms with E-state index in [1.165, 1.54) is 0 Å². The van der Waals surface area contributed by atoms with Crippen LogP contribution in [0.2, 0.25) is 0 Å². The van der Waals surface area contributed by atoms with E-state index in [0.29, 0.717) is 12.1 Å². The first kappa shape index (κ1) is 15.8. The predicted molar refractivity (Wildman–Crippen MR) is 64.4 cm³/mol. The van der Waals surface area contributed by atoms with Crippen molar-refractivity contribution in [3.05, 3.63) is 53.3 Å². The van der Waals surface area contributed by atoms with Crippen molar-refractivity contribution in [3.8, 4) is 17.2 Å². The van der Waals surface area contributed by atoms with Gasteiger partial charge in [0.05, 0.1) is 17.2 Å². The van der Waals surface area contributed by atoms with Gasteiger partial charge in [-0.1, -0.05) is 6.07 Å². The van der Waals surface area contributed by atoms with Crippen LogP contribution in [0.3, 0.4) is 0 Å². The Balaban J connectivity index is 2.54. The Labute approximate surface area is 120 Å². The molecule has 0 aliphatic rings. The van der Waals surface area contributed by atoms with Gasteiger partial charge in [-0.25, -0.2) is 0 Å². The lowest BCUT2D eigenvalue weighted by atomic mass is 9.98. The van der Waals surface area contributed by atoms with Gasteiger partial charge in [0.1, 0.15) is 5.69 Å². The molecule has 0 amide bonds. The third-order valence-corrected chi connectivity index (χ3v) is 2.83. The zero-order valence-corrected chi connectivity index (χ0v) is 10.6. The minimum absolute atomic E-state index is 0.00403. The molecule has 1 aromatic heterocycles. The molecule has 8 heteroatoms. The second kappa shape index (κ2) is 5.33. The Kier molecular flexibility index (Phi) is 3.83. The van der Waals surface area contributed by atoms with E-state index in [1.54, 1.807) is 6.07 Å². The lowest BCUT2D eigenvalue weighted by Crippen LogP contribution is -2.08. The number of hydrogen-bond donors (Lipinski definition) is 0. The zero-order chi connectivity index (χ0) is 16.5. The highest BCUT2D eigenvalue weighted by atomic mass is 19.4. The van der Waals surface area contributed by atoms with E-state index in [2.05, 4.69) is 4.98 Å². The fraction of sp³-hybridized carbons (Fsp3) is 0.143. The minimum atomic E-state index is -4.65. The Morgan fingerprint density at radius 2 is 1.59 bits per heavy atom. The van der Waals surface area contributed by atoms with Crippen molar-refractivity contribution < 1.29 is 26.3 Å². The quantitative estimate of drug-likeness (QED) is 0.718. The van der Waals surface area contributed by atoms with Gasteiger partial charge in [0.15, 0.2) is 0 Å². The number of rotatable bonds is 1. The molecule has 2 nitrogen and oxygen atoms in total. The highest BCUT2D eigenvalue weighted by Gasteiger charge is 2.33. The molecule has 0 saturated heterocycles. The summed E-state index contributed by atoms with van der Waals surface area (Å²) in [7, 11) is 0. The summed E-state index contributed by atoms with van der Waals surface area (Å²) in [6, 6.07) is 5.74. The smallest absolute Gasteiger partial charge is 0.251 e. The van der Waals surface area contributed by atoms with E-state index in [9.17, 15) is 26.3 Å². The maximum absolute atomic E-state index is 12.7. The number of hydrogen-bond acceptors (Lipinski definition) is 2. The first-order valence-corrected chi connectivity index (χ1v) is 5.78. The topological polar surface area (TPSA) is 36.7 Å². The van der Waals surface area contributed by atoms with Gasteiger partial charge in [-0.15, -0.1) is 0 Å². The van der Waals surface area contributed by atoms with Gasteiger partial charge in [-0.05, 0) is 24.3 Å². The summed E-state index contributed by atoms with van der Waals surface area (Å²) in [5.74, 6) is 0. The molecule has 0 aliphatic carbocycles. The van der Waals surface area contributed by atoms with Crippen LogP contribution in [0.4, 0.5) is 26.3 Å². The molecule has 114 valence electrons. The number of aromatic nitrogens is 1. The van der Waals surface area contributed by atoms with Crippen LogP contribution in [0.15, 0.2) is 36.5 Å². The molecule has 22 heavy (non-hydrogen) atoms. The molecule has 0 bridgehead atoms. The molecule has 2 rings (SSSR count). The SMILES string of the molecule is N#Cc1ccc(C(F)(F)F)cc1-c1ccc(C(F)(F)F)nc1. The van der Waals surface area contributed by atoms with E-state index in [0.717, 1.165) is 24.4 Å². The molecule has 1 heterocycles. The monoisotopic (exact) mass is 316 g/mol. The van der Waals surface area contributed by atoms with E-state index in [-0.39, 0.29) is 16.7 Å². The Bertz CT molecular complexity index is 723. The molecular formula is C14H6F6N2. The van der Waals surface area contributed by atoms with Crippen molar-refractivity contribution in [2.45, 2.75) is 12.4 Å². The Hall–Kier alpha value is -2.56. The largest absolute Gasteiger partial charge is 0.433 e. The minimum Gasteiger partial charge on any atom is -0.251 e. The lowest BCUT2D eigenvalue weighted by molar-refractivity contribution is -0.141. The standard InChI is InChI=1S/C14H6F6N2/c15-13(16,17)10-3-1-8(6-21)11(5-10)9-2-4-12(22-7-9)14(18,19)20/h1-5,7H. The van der Waals surface area contributed by atoms with Gasteiger partial charge < -0.3 is 0 Å². The molecule has 0 aliphatic heterocycles. The van der Waals surface area contributed by atoms with Crippen molar-refractivity contribution in [2.24, 2.45) is 0 Å². The molecule has 1 aromatic carbocycles. The first-order chi connectivity index (χ1) is 10.1. The van der Waals surface area contributed by atoms with Crippen molar-refractivity contribution in [1.29, 1.82) is 5.26 Å². The first-order valence-electron chi connectivity index (χ1n) is 5.78. The van der Waals surface area contributed by atoms with Gasteiger partial charge in [0.25, 0.3) is 0 Å². The molecule has 0 atom stereocenters. The van der Waals surface area contributed by atoms with Gasteiger partial charge in [-0.2, -0.15) is 31.6 Å². The number of alkyl halides is 6. The van der Waals surface area contributed by atoms with E-state index in [1.807, 2.05) is 0 Å². The van der Waals surface area contributed by atoms with Crippen LogP contribution in [-0.2, 0) is 12.4 Å². The van der Waals surface area contributed by atoms with Crippen molar-refractivity contribution in [1.82, 2.24) is 4.98 Å². The van der Waals surface area contributed by atoms with E-state index < -0.39 is 23.6 Å². The zero-order valence-electron chi connectivity index (χ0n) is 10.6. The van der Waals surface area contributed by atoms with Crippen LogP contribution in [-0.4, -0.2) is 4.98 Å². The molecule has 0 N–H and O–H groups in total. The summed E-state index contributed by atoms with van der Waals surface area (Å²) >= 11 is 0. The molecule has 0 fully saturated rings. The number of nitriles is 1. The van der Waals surface area contributed by atoms with E-state index >= 15 is 0 Å². The summed E-state index contributed by atoms with van der Waals surface area (Å²) in [6.07, 6.45) is -8.48. The molecule has 0 radical (unpaired) electrons. The maximum Gasteiger partial charge on any atom is 0.433 e. The summed E-state index contributed by atoms with van der Waals surface area (Å²) in [5, 5.41) is 8.93. The third-order valence-electron chi connectivity index (χ3n) is 2.83. The second-order valence-corrected chi connectivity index (χ2v) is 4.30. The van der Waals surface area contributed by atoms with Crippen LogP contribution in [0.1, 0.15) is 16.8 Å². The summed E-state index contributed by atoms with van der Waals surface area (Å²) in [6.45, 7) is 0. The van der Waals surface area contributed by atoms with E-state index in [4.69, 9.17) is 5.26 Å². The number of pyridine rings is 1. The number of nitrogens with zero attached hydrogens (tertiary/aromatic N) is 2. The second-order valence-electron chi connectivity index (χ2n) is 4.30. The third kappa shape index (κ3) is 3.19. The van der Waals surface area contributed by atoms with Crippen LogP contribution in [0, 0.1) is 11.3 Å². The predicted octanol–water partition coefficient (Wildman–Crippen LogP) is 4.66. The number of halogens is 6. The van der Waals surface area contributed by atoms with Gasteiger partial charge in [-0.3, -0.25) is 4.98 Å². The Morgan fingerprint density at radius 1 is 0.909 bits per heavy atom. The van der Waals surface area contributed by atoms with Crippen molar-refractivity contribution in [3.63, 3.8) is 0 Å². The lowest BCUT2D eigenvalue weighted by Gasteiger charge is -2.11. The summed E-state index contributed by atoms with van der Waals surface area (Å²) in [5.41, 5.74) is -2.38. The molecule has 2 aromatic rings. The van der Waals surface area contributed by atoms with Crippen LogP contribution >= 0.6 is 0 Å². The van der Waals surface area contributed by atoms with Crippen LogP contribution in [0.25, 0.3) is 11.1 Å². The average Bonchev–Trinajstić information content (AvgIpc) is 2.45. The molecule has 0 unspecified atom stereocenters. The molecule has 0 spiro atoms. The van der Waals surface area contributed by atoms with Crippen molar-refractivity contribution >= 4 is 0 Å². The van der Waals surface area contributed by atoms with Gasteiger partial charge in [0, 0.05) is 17.3 Å². The number of benzene rings is 1. The van der Waals surface area contributed by atoms with Crippen LogP contribution in [0.5, 0.6) is 0 Å². The van der Waals surface area contributed by atoms with Gasteiger partial charge >= 0.3 is 12.4 Å². The average molecular weight is 316 g/mol. The van der Waals surface area contributed by atoms with Crippen LogP contribution < -0.4 is 0 Å². The highest BCUT2D eigenvalue weighted by Crippen LogP contribution is 2.34. The Morgan fingerprint density at radius 3 is 2.05 bits per heavy atom. The molecule has 0 saturated carbocycles. The molecular weight excluding hydrogens is 310 g/mol. The fourth-order valence-corrected chi connectivity index (χ4v) is 1.78. The normalized spacial score (nSPS) is 12.0. The van der Waals surface area contributed by atoms with Gasteiger partial charge in [0.2, 0.25) is 0 Å². The van der Waals surface area contributed by atoms with Crippen molar-refractivity contribution in [2.75, 3.05) is 0 Å². The maximum atomic E-state index is 12.7. The summed E-state index contributed by atoms with van der Waals surface area (Å²) in [4.78, 5) is 3.18. The highest BCUT2D eigenvalue weighted by molar-refractivity contribution is 5.70. The summed E-state index contributed by atoms with van der Waals surface area (Å²) < 4.78 is 75.3.